The zero-order valence-electron chi connectivity index (χ0n) is 20.4. The van der Waals surface area contributed by atoms with Gasteiger partial charge in [-0.1, -0.05) is 117 Å². The topological polar surface area (TPSA) is 52.0 Å². The van der Waals surface area contributed by atoms with Crippen LogP contribution in [0.3, 0.4) is 0 Å². The molecular weight excluding hydrogens is 399 g/mol. The van der Waals surface area contributed by atoms with Gasteiger partial charge in [-0.3, -0.25) is 0 Å². The first kappa shape index (κ1) is 33.9. The molecule has 0 fully saturated rings. The summed E-state index contributed by atoms with van der Waals surface area (Å²) in [5, 5.41) is 0. The Balaban J connectivity index is -0.00000338. The standard InChI is InChI=1S/C25H52N2.2ClH/c1-7-9-10-11-12-13-14-15-16-17-18-19-20-22-24(5,21-8-2)23(3,4)25(6,26)27;;/h8H,2,7,9-22,26-27H2,1,3-6H3;2*1H. The molecule has 0 bridgehead atoms. The van der Waals surface area contributed by atoms with Gasteiger partial charge in [0.1, 0.15) is 0 Å². The van der Waals surface area contributed by atoms with Crippen LogP contribution in [0.2, 0.25) is 0 Å². The van der Waals surface area contributed by atoms with Gasteiger partial charge in [-0.2, -0.15) is 0 Å². The molecule has 0 aliphatic carbocycles. The molecule has 4 N–H and O–H groups in total. The maximum atomic E-state index is 6.32. The number of hydrogen-bond donors (Lipinski definition) is 2. The average Bonchev–Trinajstić information content (AvgIpc) is 2.58. The molecule has 1 unspecified atom stereocenters. The van der Waals surface area contributed by atoms with Crippen LogP contribution in [0.5, 0.6) is 0 Å². The van der Waals surface area contributed by atoms with Gasteiger partial charge in [-0.25, -0.2) is 0 Å². The highest BCUT2D eigenvalue weighted by atomic mass is 35.5. The lowest BCUT2D eigenvalue weighted by atomic mass is 9.57. The van der Waals surface area contributed by atoms with E-state index in [-0.39, 0.29) is 35.6 Å². The van der Waals surface area contributed by atoms with Gasteiger partial charge >= 0.3 is 0 Å². The Morgan fingerprint density at radius 2 is 1.00 bits per heavy atom. The van der Waals surface area contributed by atoms with E-state index in [4.69, 9.17) is 11.5 Å². The third-order valence-electron chi connectivity index (χ3n) is 7.28. The predicted octanol–water partition coefficient (Wildman–Crippen LogP) is 8.55. The molecule has 0 aromatic heterocycles. The molecule has 4 heteroatoms. The van der Waals surface area contributed by atoms with E-state index in [1.165, 1.54) is 89.9 Å². The SMILES string of the molecule is C=CCC(C)(CCCCCCCCCCCCCCC)C(C)(C)C(C)(N)N.Cl.Cl. The highest BCUT2D eigenvalue weighted by Gasteiger charge is 2.48. The van der Waals surface area contributed by atoms with Crippen molar-refractivity contribution in [3.05, 3.63) is 12.7 Å². The second-order valence-corrected chi connectivity index (χ2v) is 9.95. The Kier molecular flexibility index (Phi) is 20.9. The Bertz CT molecular complexity index is 378. The predicted molar refractivity (Wildman–Crippen MR) is 138 cm³/mol. The smallest absolute Gasteiger partial charge is 0.0665 e. The van der Waals surface area contributed by atoms with E-state index in [1.807, 2.05) is 13.0 Å². The van der Waals surface area contributed by atoms with Gasteiger partial charge in [-0.05, 0) is 25.2 Å². The molecule has 0 aliphatic rings. The van der Waals surface area contributed by atoms with E-state index >= 15 is 0 Å². The molecule has 2 nitrogen and oxygen atoms in total. The van der Waals surface area contributed by atoms with Crippen LogP contribution in [0.15, 0.2) is 12.7 Å². The van der Waals surface area contributed by atoms with Crippen LogP contribution < -0.4 is 11.5 Å². The van der Waals surface area contributed by atoms with Gasteiger partial charge in [0.05, 0.1) is 5.66 Å². The summed E-state index contributed by atoms with van der Waals surface area (Å²) in [6.07, 6.45) is 22.3. The molecule has 29 heavy (non-hydrogen) atoms. The lowest BCUT2D eigenvalue weighted by Crippen LogP contribution is -2.63. The zero-order chi connectivity index (χ0) is 20.8. The molecule has 0 aliphatic heterocycles. The minimum Gasteiger partial charge on any atom is -0.313 e. The van der Waals surface area contributed by atoms with Crippen molar-refractivity contribution in [1.29, 1.82) is 0 Å². The van der Waals surface area contributed by atoms with Crippen LogP contribution >= 0.6 is 24.8 Å². The van der Waals surface area contributed by atoms with Crippen LogP contribution in [0.1, 0.15) is 131 Å². The summed E-state index contributed by atoms with van der Waals surface area (Å²) in [7, 11) is 0. The average molecular weight is 454 g/mol. The van der Waals surface area contributed by atoms with E-state index in [2.05, 4.69) is 34.3 Å². The maximum Gasteiger partial charge on any atom is 0.0665 e. The Morgan fingerprint density at radius 3 is 1.31 bits per heavy atom. The van der Waals surface area contributed by atoms with Gasteiger partial charge in [0, 0.05) is 5.41 Å². The number of unbranched alkanes of at least 4 members (excludes halogenated alkanes) is 12. The Hall–Kier alpha value is 0.240. The first-order valence-electron chi connectivity index (χ1n) is 11.8. The van der Waals surface area contributed by atoms with Crippen molar-refractivity contribution in [2.24, 2.45) is 22.3 Å². The summed E-state index contributed by atoms with van der Waals surface area (Å²) in [5.41, 5.74) is 11.9. The summed E-state index contributed by atoms with van der Waals surface area (Å²) in [5.74, 6) is 0. The molecule has 178 valence electrons. The molecule has 0 heterocycles. The second-order valence-electron chi connectivity index (χ2n) is 9.95. The third kappa shape index (κ3) is 13.3. The van der Waals surface area contributed by atoms with Crippen molar-refractivity contribution >= 4 is 24.8 Å². The molecule has 0 spiro atoms. The zero-order valence-corrected chi connectivity index (χ0v) is 22.0. The molecule has 0 aromatic rings. The molecule has 0 aromatic carbocycles. The molecule has 0 radical (unpaired) electrons. The molecule has 1 atom stereocenters. The van der Waals surface area contributed by atoms with Crippen molar-refractivity contribution in [3.8, 4) is 0 Å². The van der Waals surface area contributed by atoms with Gasteiger partial charge in [-0.15, -0.1) is 31.4 Å². The van der Waals surface area contributed by atoms with Crippen molar-refractivity contribution < 1.29 is 0 Å². The highest BCUT2D eigenvalue weighted by molar-refractivity contribution is 5.85. The number of nitrogens with two attached hydrogens (primary N) is 2. The molecule has 0 saturated carbocycles. The van der Waals surface area contributed by atoms with E-state index in [0.717, 1.165) is 6.42 Å². The van der Waals surface area contributed by atoms with Crippen LogP contribution in [0.25, 0.3) is 0 Å². The summed E-state index contributed by atoms with van der Waals surface area (Å²) < 4.78 is 0. The number of halogens is 2. The fraction of sp³-hybridized carbons (Fsp3) is 0.920. The normalized spacial score (nSPS) is 13.9. The van der Waals surface area contributed by atoms with Gasteiger partial charge < -0.3 is 11.5 Å². The molecular formula is C25H54Cl2N2. The minimum absolute atomic E-state index is 0. The van der Waals surface area contributed by atoms with Crippen molar-refractivity contribution in [2.75, 3.05) is 0 Å². The number of allylic oxidation sites excluding steroid dienone is 1. The van der Waals surface area contributed by atoms with Crippen LogP contribution in [0, 0.1) is 10.8 Å². The minimum atomic E-state index is -0.679. The fourth-order valence-electron chi connectivity index (χ4n) is 4.17. The Labute approximate surface area is 196 Å². The lowest BCUT2D eigenvalue weighted by Gasteiger charge is -2.52. The summed E-state index contributed by atoms with van der Waals surface area (Å²) in [6, 6.07) is 0. The first-order chi connectivity index (χ1) is 12.6. The lowest BCUT2D eigenvalue weighted by molar-refractivity contribution is 0.00667. The van der Waals surface area contributed by atoms with Gasteiger partial charge in [0.2, 0.25) is 0 Å². The van der Waals surface area contributed by atoms with Crippen molar-refractivity contribution in [2.45, 2.75) is 137 Å². The van der Waals surface area contributed by atoms with Crippen LogP contribution in [-0.4, -0.2) is 5.66 Å². The molecule has 0 amide bonds. The Morgan fingerprint density at radius 1 is 0.655 bits per heavy atom. The maximum absolute atomic E-state index is 6.32. The second kappa shape index (κ2) is 17.9. The van der Waals surface area contributed by atoms with Crippen molar-refractivity contribution in [3.63, 3.8) is 0 Å². The first-order valence-corrected chi connectivity index (χ1v) is 11.8. The summed E-state index contributed by atoms with van der Waals surface area (Å²) in [4.78, 5) is 0. The number of hydrogen-bond acceptors (Lipinski definition) is 2. The van der Waals surface area contributed by atoms with Crippen LogP contribution in [0.4, 0.5) is 0 Å². The molecule has 0 rings (SSSR count). The monoisotopic (exact) mass is 452 g/mol. The van der Waals surface area contributed by atoms with Gasteiger partial charge in [0.25, 0.3) is 0 Å². The van der Waals surface area contributed by atoms with Crippen molar-refractivity contribution in [1.82, 2.24) is 0 Å². The van der Waals surface area contributed by atoms with E-state index in [0.29, 0.717) is 0 Å². The van der Waals surface area contributed by atoms with E-state index in [1.54, 1.807) is 0 Å². The quantitative estimate of drug-likeness (QED) is 0.124. The fourth-order valence-corrected chi connectivity index (χ4v) is 4.17. The largest absolute Gasteiger partial charge is 0.313 e. The van der Waals surface area contributed by atoms with E-state index < -0.39 is 5.66 Å². The van der Waals surface area contributed by atoms with Gasteiger partial charge in [0.15, 0.2) is 0 Å². The van der Waals surface area contributed by atoms with Crippen LogP contribution in [-0.2, 0) is 0 Å². The number of rotatable bonds is 18. The third-order valence-corrected chi connectivity index (χ3v) is 7.28. The molecule has 0 saturated heterocycles. The highest BCUT2D eigenvalue weighted by Crippen LogP contribution is 2.49. The summed E-state index contributed by atoms with van der Waals surface area (Å²) in [6.45, 7) is 15.0. The van der Waals surface area contributed by atoms with E-state index in [9.17, 15) is 0 Å². The summed E-state index contributed by atoms with van der Waals surface area (Å²) >= 11 is 0.